The van der Waals surface area contributed by atoms with Crippen molar-refractivity contribution >= 4 is 34.6 Å². The Hall–Kier alpha value is -2.80. The summed E-state index contributed by atoms with van der Waals surface area (Å²) in [5, 5.41) is 9.89. The summed E-state index contributed by atoms with van der Waals surface area (Å²) in [7, 11) is 3.96. The van der Waals surface area contributed by atoms with E-state index in [2.05, 4.69) is 16.0 Å². The molecular formula is C20H22N4O2S. The molecule has 0 aliphatic carbocycles. The Morgan fingerprint density at radius 2 is 1.96 bits per heavy atom. The van der Waals surface area contributed by atoms with Crippen LogP contribution in [0.2, 0.25) is 0 Å². The van der Waals surface area contributed by atoms with Crippen LogP contribution in [-0.4, -0.2) is 30.8 Å². The minimum Gasteiger partial charge on any atom is -0.467 e. The second-order valence-corrected chi connectivity index (χ2v) is 7.64. The number of hydrogen-bond donors (Lipinski definition) is 3. The van der Waals surface area contributed by atoms with Crippen LogP contribution in [0.1, 0.15) is 18.5 Å². The van der Waals surface area contributed by atoms with Crippen molar-refractivity contribution in [2.45, 2.75) is 18.7 Å². The molecule has 7 heteroatoms. The third-order valence-electron chi connectivity index (χ3n) is 5.07. The molecule has 6 nitrogen and oxygen atoms in total. The van der Waals surface area contributed by atoms with Crippen LogP contribution >= 0.6 is 12.2 Å². The van der Waals surface area contributed by atoms with E-state index in [0.29, 0.717) is 5.11 Å². The summed E-state index contributed by atoms with van der Waals surface area (Å²) in [5.41, 5.74) is 1.77. The molecule has 1 fully saturated rings. The lowest BCUT2D eigenvalue weighted by Gasteiger charge is -2.50. The zero-order valence-electron chi connectivity index (χ0n) is 15.4. The number of ether oxygens (including phenoxy) is 1. The molecule has 2 unspecified atom stereocenters. The molecule has 2 aromatic rings. The van der Waals surface area contributed by atoms with Crippen molar-refractivity contribution in [3.8, 4) is 5.75 Å². The molecule has 2 aliphatic rings. The third kappa shape index (κ3) is 3.08. The minimum absolute atomic E-state index is 0.126. The Kier molecular flexibility index (Phi) is 4.19. The number of benzene rings is 2. The molecule has 0 spiro atoms. The van der Waals surface area contributed by atoms with Gasteiger partial charge in [-0.1, -0.05) is 24.3 Å². The highest BCUT2D eigenvalue weighted by molar-refractivity contribution is 7.80. The summed E-state index contributed by atoms with van der Waals surface area (Å²) in [6.45, 7) is 1.87. The van der Waals surface area contributed by atoms with Gasteiger partial charge in [0.1, 0.15) is 11.7 Å². The van der Waals surface area contributed by atoms with Gasteiger partial charge in [0.2, 0.25) is 5.91 Å². The number of nitrogens with zero attached hydrogens (tertiary/aromatic N) is 1. The van der Waals surface area contributed by atoms with Gasteiger partial charge in [0.05, 0.1) is 6.04 Å². The number of nitrogens with one attached hydrogen (secondary N) is 3. The summed E-state index contributed by atoms with van der Waals surface area (Å²) < 4.78 is 6.30. The van der Waals surface area contributed by atoms with Gasteiger partial charge in [0.25, 0.3) is 0 Å². The van der Waals surface area contributed by atoms with Gasteiger partial charge in [0, 0.05) is 37.1 Å². The fraction of sp³-hybridized carbons (Fsp3) is 0.300. The largest absolute Gasteiger partial charge is 0.467 e. The second-order valence-electron chi connectivity index (χ2n) is 7.23. The first-order chi connectivity index (χ1) is 12.9. The van der Waals surface area contributed by atoms with E-state index in [4.69, 9.17) is 17.0 Å². The maximum absolute atomic E-state index is 13.2. The molecule has 27 heavy (non-hydrogen) atoms. The van der Waals surface area contributed by atoms with Crippen LogP contribution < -0.4 is 25.6 Å². The van der Waals surface area contributed by atoms with Crippen molar-refractivity contribution in [3.63, 3.8) is 0 Å². The number of para-hydroxylation sites is 1. The lowest BCUT2D eigenvalue weighted by molar-refractivity contribution is -0.132. The van der Waals surface area contributed by atoms with Gasteiger partial charge >= 0.3 is 0 Å². The van der Waals surface area contributed by atoms with Crippen LogP contribution in [0.4, 0.5) is 11.4 Å². The molecule has 0 saturated carbocycles. The Morgan fingerprint density at radius 3 is 2.67 bits per heavy atom. The molecule has 1 amide bonds. The highest BCUT2D eigenvalue weighted by Gasteiger charge is 2.54. The van der Waals surface area contributed by atoms with E-state index < -0.39 is 11.6 Å². The molecule has 140 valence electrons. The smallest absolute Gasteiger partial charge is 0.236 e. The molecule has 0 radical (unpaired) electrons. The molecule has 2 aliphatic heterocycles. The van der Waals surface area contributed by atoms with Gasteiger partial charge in [-0.15, -0.1) is 0 Å². The van der Waals surface area contributed by atoms with Crippen LogP contribution in [0.15, 0.2) is 48.5 Å². The van der Waals surface area contributed by atoms with Crippen LogP contribution in [0.25, 0.3) is 0 Å². The first kappa shape index (κ1) is 17.6. The van der Waals surface area contributed by atoms with Gasteiger partial charge in [-0.2, -0.15) is 0 Å². The normalized spacial score (nSPS) is 25.4. The number of fused-ring (bicyclic) bond motifs is 4. The Morgan fingerprint density at radius 1 is 1.22 bits per heavy atom. The lowest BCUT2D eigenvalue weighted by atomic mass is 9.79. The van der Waals surface area contributed by atoms with Crippen molar-refractivity contribution in [3.05, 3.63) is 54.1 Å². The first-order valence-electron chi connectivity index (χ1n) is 8.82. The van der Waals surface area contributed by atoms with E-state index in [1.54, 1.807) is 0 Å². The predicted molar refractivity (Wildman–Crippen MR) is 110 cm³/mol. The summed E-state index contributed by atoms with van der Waals surface area (Å²) in [4.78, 5) is 15.2. The summed E-state index contributed by atoms with van der Waals surface area (Å²) in [6, 6.07) is 15.2. The van der Waals surface area contributed by atoms with Gasteiger partial charge in [-0.25, -0.2) is 0 Å². The highest BCUT2D eigenvalue weighted by atomic mass is 32.1. The molecule has 1 saturated heterocycles. The van der Waals surface area contributed by atoms with Crippen molar-refractivity contribution in [1.29, 1.82) is 0 Å². The summed E-state index contributed by atoms with van der Waals surface area (Å²) >= 11 is 5.36. The number of carbonyl (C=O) groups excluding carboxylic acids is 1. The second kappa shape index (κ2) is 6.42. The molecule has 2 aromatic carbocycles. The van der Waals surface area contributed by atoms with E-state index in [1.807, 2.05) is 74.4 Å². The Labute approximate surface area is 163 Å². The molecule has 4 rings (SSSR count). The van der Waals surface area contributed by atoms with Crippen LogP contribution in [0, 0.1) is 5.92 Å². The quantitative estimate of drug-likeness (QED) is 0.710. The SMILES string of the molecule is CN(C)c1ccc2c(c1)O[C@]1(C)NC(=S)NC2C1C(=O)Nc1ccccc1. The van der Waals surface area contributed by atoms with Crippen LogP contribution in [-0.2, 0) is 4.79 Å². The van der Waals surface area contributed by atoms with Crippen LogP contribution in [0.5, 0.6) is 5.75 Å². The van der Waals surface area contributed by atoms with Gasteiger partial charge in [0.15, 0.2) is 10.8 Å². The van der Waals surface area contributed by atoms with E-state index in [9.17, 15) is 4.79 Å². The van der Waals surface area contributed by atoms with Crippen LogP contribution in [0.3, 0.4) is 0 Å². The zero-order valence-corrected chi connectivity index (χ0v) is 16.3. The molecule has 2 bridgehead atoms. The summed E-state index contributed by atoms with van der Waals surface area (Å²) in [5.74, 6) is 0.126. The van der Waals surface area contributed by atoms with Crippen molar-refractivity contribution in [2.75, 3.05) is 24.3 Å². The van der Waals surface area contributed by atoms with E-state index in [0.717, 1.165) is 22.7 Å². The van der Waals surface area contributed by atoms with Gasteiger partial charge < -0.3 is 25.6 Å². The predicted octanol–water partition coefficient (Wildman–Crippen LogP) is 2.63. The van der Waals surface area contributed by atoms with Crippen molar-refractivity contribution in [2.24, 2.45) is 5.92 Å². The molecule has 0 aromatic heterocycles. The number of anilines is 2. The Balaban J connectivity index is 1.72. The molecular weight excluding hydrogens is 360 g/mol. The maximum Gasteiger partial charge on any atom is 0.236 e. The summed E-state index contributed by atoms with van der Waals surface area (Å²) in [6.07, 6.45) is 0. The van der Waals surface area contributed by atoms with Crippen molar-refractivity contribution in [1.82, 2.24) is 10.6 Å². The molecule has 3 N–H and O–H groups in total. The average Bonchev–Trinajstić information content (AvgIpc) is 2.60. The van der Waals surface area contributed by atoms with Gasteiger partial charge in [-0.3, -0.25) is 4.79 Å². The fourth-order valence-corrected chi connectivity index (χ4v) is 4.08. The number of carbonyl (C=O) groups is 1. The minimum atomic E-state index is -0.941. The highest BCUT2D eigenvalue weighted by Crippen LogP contribution is 2.46. The van der Waals surface area contributed by atoms with E-state index in [1.165, 1.54) is 0 Å². The molecule has 3 atom stereocenters. The fourth-order valence-electron chi connectivity index (χ4n) is 3.75. The number of rotatable bonds is 3. The monoisotopic (exact) mass is 382 g/mol. The number of thiocarbonyl (C=S) groups is 1. The van der Waals surface area contributed by atoms with Crippen molar-refractivity contribution < 1.29 is 9.53 Å². The average molecular weight is 382 g/mol. The standard InChI is InChI=1S/C20H22N4O2S/c1-20-16(18(25)21-12-7-5-4-6-8-12)17(22-19(27)23-20)14-10-9-13(24(2)3)11-15(14)26-20/h4-11,16-17H,1-3H3,(H,21,25)(H2,22,23,27)/t16?,17?,20-/m0/s1. The van der Waals surface area contributed by atoms with E-state index >= 15 is 0 Å². The topological polar surface area (TPSA) is 65.6 Å². The number of amides is 1. The first-order valence-corrected chi connectivity index (χ1v) is 9.23. The molecule has 2 heterocycles. The maximum atomic E-state index is 13.2. The Bertz CT molecular complexity index is 902. The number of hydrogen-bond acceptors (Lipinski definition) is 4. The van der Waals surface area contributed by atoms with Gasteiger partial charge in [-0.05, 0) is 37.3 Å². The van der Waals surface area contributed by atoms with E-state index in [-0.39, 0.29) is 11.9 Å². The third-order valence-corrected chi connectivity index (χ3v) is 5.29. The lowest BCUT2D eigenvalue weighted by Crippen LogP contribution is -2.70. The zero-order chi connectivity index (χ0) is 19.2.